The number of hydrogen-bond donors (Lipinski definition) is 1. The lowest BCUT2D eigenvalue weighted by Gasteiger charge is -2.33. The highest BCUT2D eigenvalue weighted by molar-refractivity contribution is 7.92. The minimum absolute atomic E-state index is 0.0447. The van der Waals surface area contributed by atoms with Gasteiger partial charge in [-0.3, -0.25) is 13.9 Å². The van der Waals surface area contributed by atoms with Crippen LogP contribution in [0.15, 0.2) is 72.8 Å². The Hall–Kier alpha value is -3.76. The lowest BCUT2D eigenvalue weighted by Crippen LogP contribution is -2.52. The van der Waals surface area contributed by atoms with Crippen molar-refractivity contribution < 1.29 is 27.5 Å². The number of ether oxygens (including phenoxy) is 2. The van der Waals surface area contributed by atoms with E-state index in [0.29, 0.717) is 35.3 Å². The highest BCUT2D eigenvalue weighted by Crippen LogP contribution is 2.34. The summed E-state index contributed by atoms with van der Waals surface area (Å²) in [6.07, 6.45) is 1.26. The summed E-state index contributed by atoms with van der Waals surface area (Å²) < 4.78 is 38.0. The molecular formula is C28H30ClN3O6S. The second kappa shape index (κ2) is 12.4. The zero-order valence-electron chi connectivity index (χ0n) is 21.7. The number of likely N-dealkylation sites (N-methyl/N-ethyl adjacent to an activating group) is 1. The monoisotopic (exact) mass is 571 g/mol. The molecule has 1 heterocycles. The SMILES string of the molecule is CNC(=O)C(Cc1ccccc1)N(Cc1cccc(Cl)c1)C(=O)CN(c1ccc2c(c1)OCCO2)S(C)(=O)=O. The Morgan fingerprint density at radius 3 is 2.31 bits per heavy atom. The molecule has 39 heavy (non-hydrogen) atoms. The van der Waals surface area contributed by atoms with Crippen molar-refractivity contribution in [1.82, 2.24) is 10.2 Å². The highest BCUT2D eigenvalue weighted by atomic mass is 35.5. The van der Waals surface area contributed by atoms with E-state index < -0.39 is 28.5 Å². The quantitative estimate of drug-likeness (QED) is 0.400. The number of hydrogen-bond acceptors (Lipinski definition) is 6. The number of anilines is 1. The van der Waals surface area contributed by atoms with Crippen molar-refractivity contribution >= 4 is 39.1 Å². The number of rotatable bonds is 10. The summed E-state index contributed by atoms with van der Waals surface area (Å²) in [4.78, 5) is 28.5. The average molecular weight is 572 g/mol. The van der Waals surface area contributed by atoms with Crippen LogP contribution in [0.3, 0.4) is 0 Å². The van der Waals surface area contributed by atoms with Gasteiger partial charge in [0.1, 0.15) is 25.8 Å². The maximum absolute atomic E-state index is 14.0. The molecule has 3 aromatic rings. The van der Waals surface area contributed by atoms with Crippen molar-refractivity contribution in [3.05, 3.63) is 88.9 Å². The van der Waals surface area contributed by atoms with Crippen molar-refractivity contribution in [3.63, 3.8) is 0 Å². The number of carbonyl (C=O) groups excluding carboxylic acids is 2. The van der Waals surface area contributed by atoms with Crippen LogP contribution in [0, 0.1) is 0 Å². The standard InChI is InChI=1S/C28H30ClN3O6S/c1-30-28(34)24(16-20-7-4-3-5-8-20)31(18-21-9-6-10-22(29)15-21)27(33)19-32(39(2,35)36)23-11-12-25-26(17-23)38-14-13-37-25/h3-12,15,17,24H,13-14,16,18-19H2,1-2H3,(H,30,34). The molecule has 3 aromatic carbocycles. The van der Waals surface area contributed by atoms with Gasteiger partial charge in [0.25, 0.3) is 0 Å². The molecule has 1 atom stereocenters. The molecule has 1 aliphatic heterocycles. The van der Waals surface area contributed by atoms with Crippen LogP contribution in [-0.4, -0.2) is 64.2 Å². The molecule has 0 fully saturated rings. The van der Waals surface area contributed by atoms with E-state index in [-0.39, 0.29) is 24.6 Å². The van der Waals surface area contributed by atoms with Crippen molar-refractivity contribution in [2.75, 3.05) is 37.4 Å². The fourth-order valence-corrected chi connectivity index (χ4v) is 5.41. The van der Waals surface area contributed by atoms with Gasteiger partial charge in [-0.05, 0) is 35.4 Å². The summed E-state index contributed by atoms with van der Waals surface area (Å²) in [7, 11) is -2.39. The average Bonchev–Trinajstić information content (AvgIpc) is 2.92. The van der Waals surface area contributed by atoms with Gasteiger partial charge in [0.2, 0.25) is 21.8 Å². The predicted octanol–water partition coefficient (Wildman–Crippen LogP) is 3.26. The fourth-order valence-electron chi connectivity index (χ4n) is 4.35. The van der Waals surface area contributed by atoms with Crippen molar-refractivity contribution in [2.24, 2.45) is 0 Å². The van der Waals surface area contributed by atoms with E-state index in [4.69, 9.17) is 21.1 Å². The van der Waals surface area contributed by atoms with Crippen LogP contribution in [0.5, 0.6) is 11.5 Å². The van der Waals surface area contributed by atoms with Gasteiger partial charge in [-0.2, -0.15) is 0 Å². The molecule has 0 radical (unpaired) electrons. The van der Waals surface area contributed by atoms with Crippen LogP contribution in [0.4, 0.5) is 5.69 Å². The smallest absolute Gasteiger partial charge is 0.244 e. The number of amides is 2. The number of sulfonamides is 1. The molecule has 0 saturated heterocycles. The number of carbonyl (C=O) groups is 2. The third-order valence-corrected chi connectivity index (χ3v) is 7.63. The highest BCUT2D eigenvalue weighted by Gasteiger charge is 2.33. The zero-order chi connectivity index (χ0) is 28.0. The van der Waals surface area contributed by atoms with E-state index in [1.807, 2.05) is 30.3 Å². The minimum atomic E-state index is -3.90. The van der Waals surface area contributed by atoms with Crippen LogP contribution >= 0.6 is 11.6 Å². The van der Waals surface area contributed by atoms with Crippen LogP contribution in [0.25, 0.3) is 0 Å². The fraction of sp³-hybridized carbons (Fsp3) is 0.286. The van der Waals surface area contributed by atoms with E-state index >= 15 is 0 Å². The Kier molecular flexibility index (Phi) is 8.98. The van der Waals surface area contributed by atoms with Gasteiger partial charge in [-0.25, -0.2) is 8.42 Å². The molecule has 1 aliphatic rings. The van der Waals surface area contributed by atoms with Gasteiger partial charge < -0.3 is 19.7 Å². The van der Waals surface area contributed by atoms with Crippen LogP contribution in [0.2, 0.25) is 5.02 Å². The van der Waals surface area contributed by atoms with Gasteiger partial charge in [-0.1, -0.05) is 54.1 Å². The summed E-state index contributed by atoms with van der Waals surface area (Å²) in [5, 5.41) is 3.13. The number of benzene rings is 3. The van der Waals surface area contributed by atoms with Crippen molar-refractivity contribution in [3.8, 4) is 11.5 Å². The maximum atomic E-state index is 14.0. The third-order valence-electron chi connectivity index (χ3n) is 6.25. The first-order valence-corrected chi connectivity index (χ1v) is 14.5. The van der Waals surface area contributed by atoms with Gasteiger partial charge in [0, 0.05) is 31.1 Å². The lowest BCUT2D eigenvalue weighted by atomic mass is 10.0. The summed E-state index contributed by atoms with van der Waals surface area (Å²) in [5.74, 6) is -0.0443. The van der Waals surface area contributed by atoms with E-state index in [2.05, 4.69) is 5.32 Å². The van der Waals surface area contributed by atoms with Gasteiger partial charge >= 0.3 is 0 Å². The molecule has 11 heteroatoms. The second-order valence-corrected chi connectivity index (χ2v) is 11.4. The first kappa shape index (κ1) is 28.3. The summed E-state index contributed by atoms with van der Waals surface area (Å²) >= 11 is 6.20. The molecule has 0 spiro atoms. The van der Waals surface area contributed by atoms with E-state index in [1.54, 1.807) is 36.4 Å². The van der Waals surface area contributed by atoms with Crippen LogP contribution in [-0.2, 0) is 32.6 Å². The summed E-state index contributed by atoms with van der Waals surface area (Å²) in [5.41, 5.74) is 1.79. The number of halogens is 1. The molecule has 9 nitrogen and oxygen atoms in total. The van der Waals surface area contributed by atoms with Gasteiger partial charge in [0.05, 0.1) is 11.9 Å². The predicted molar refractivity (Wildman–Crippen MR) is 150 cm³/mol. The van der Waals surface area contributed by atoms with E-state index in [9.17, 15) is 18.0 Å². The largest absolute Gasteiger partial charge is 0.486 e. The summed E-state index contributed by atoms with van der Waals surface area (Å²) in [6.45, 7) is 0.237. The van der Waals surface area contributed by atoms with E-state index in [1.165, 1.54) is 18.0 Å². The van der Waals surface area contributed by atoms with Crippen molar-refractivity contribution in [2.45, 2.75) is 19.0 Å². The molecule has 2 amide bonds. The number of fused-ring (bicyclic) bond motifs is 1. The van der Waals surface area contributed by atoms with Crippen LogP contribution < -0.4 is 19.1 Å². The molecule has 1 unspecified atom stereocenters. The normalized spacial score (nSPS) is 13.3. The molecular weight excluding hydrogens is 542 g/mol. The molecule has 1 N–H and O–H groups in total. The lowest BCUT2D eigenvalue weighted by molar-refractivity contribution is -0.139. The van der Waals surface area contributed by atoms with Gasteiger partial charge in [0.15, 0.2) is 11.5 Å². The number of nitrogens with zero attached hydrogens (tertiary/aromatic N) is 2. The minimum Gasteiger partial charge on any atom is -0.486 e. The first-order valence-electron chi connectivity index (χ1n) is 12.3. The Morgan fingerprint density at radius 1 is 0.949 bits per heavy atom. The van der Waals surface area contributed by atoms with E-state index in [0.717, 1.165) is 16.1 Å². The first-order chi connectivity index (χ1) is 18.7. The summed E-state index contributed by atoms with van der Waals surface area (Å²) in [6, 6.07) is 20.1. The topological polar surface area (TPSA) is 105 Å². The second-order valence-electron chi connectivity index (χ2n) is 9.07. The van der Waals surface area contributed by atoms with Crippen molar-refractivity contribution in [1.29, 1.82) is 0 Å². The Balaban J connectivity index is 1.71. The molecule has 0 bridgehead atoms. The van der Waals surface area contributed by atoms with Gasteiger partial charge in [-0.15, -0.1) is 0 Å². The molecule has 0 saturated carbocycles. The zero-order valence-corrected chi connectivity index (χ0v) is 23.2. The molecule has 206 valence electrons. The maximum Gasteiger partial charge on any atom is 0.244 e. The molecule has 4 rings (SSSR count). The molecule has 0 aromatic heterocycles. The Morgan fingerprint density at radius 2 is 1.64 bits per heavy atom. The Labute approximate surface area is 233 Å². The van der Waals surface area contributed by atoms with Crippen LogP contribution in [0.1, 0.15) is 11.1 Å². The Bertz CT molecular complexity index is 1430. The molecule has 0 aliphatic carbocycles. The number of nitrogens with one attached hydrogen (secondary N) is 1. The third kappa shape index (κ3) is 7.21.